The number of nitrogens with zero attached hydrogens (tertiary/aromatic N) is 1. The average Bonchev–Trinajstić information content (AvgIpc) is 2.49. The van der Waals surface area contributed by atoms with Gasteiger partial charge in [-0.15, -0.1) is 0 Å². The molecule has 0 aliphatic heterocycles. The third kappa shape index (κ3) is 5.36. The standard InChI is InChI=1S/C16H26N2O3/c1-4-7-17-15-6-5-13(2)12-14(15)16(20)18(8-10-19)9-11-21-3/h5-6,12,17,19H,4,7-11H2,1-3H3. The van der Waals surface area contributed by atoms with Crippen LogP contribution >= 0.6 is 0 Å². The maximum absolute atomic E-state index is 12.7. The van der Waals surface area contributed by atoms with Crippen LogP contribution in [0.4, 0.5) is 5.69 Å². The van der Waals surface area contributed by atoms with Crippen molar-refractivity contribution < 1.29 is 14.6 Å². The van der Waals surface area contributed by atoms with Gasteiger partial charge in [-0.05, 0) is 25.5 Å². The summed E-state index contributed by atoms with van der Waals surface area (Å²) in [6, 6.07) is 5.81. The van der Waals surface area contributed by atoms with Gasteiger partial charge in [-0.25, -0.2) is 0 Å². The molecule has 0 saturated heterocycles. The number of ether oxygens (including phenoxy) is 1. The van der Waals surface area contributed by atoms with E-state index in [2.05, 4.69) is 12.2 Å². The summed E-state index contributed by atoms with van der Waals surface area (Å²) in [5, 5.41) is 12.4. The molecule has 0 spiro atoms. The van der Waals surface area contributed by atoms with Crippen molar-refractivity contribution in [3.05, 3.63) is 29.3 Å². The molecule has 1 aromatic carbocycles. The van der Waals surface area contributed by atoms with E-state index >= 15 is 0 Å². The van der Waals surface area contributed by atoms with Gasteiger partial charge in [-0.2, -0.15) is 0 Å². The normalized spacial score (nSPS) is 10.5. The zero-order valence-corrected chi connectivity index (χ0v) is 13.2. The van der Waals surface area contributed by atoms with Crippen molar-refractivity contribution in [3.8, 4) is 0 Å². The number of anilines is 1. The second-order valence-corrected chi connectivity index (χ2v) is 4.98. The van der Waals surface area contributed by atoms with Crippen LogP contribution in [0.3, 0.4) is 0 Å². The van der Waals surface area contributed by atoms with Crippen LogP contribution in [0.2, 0.25) is 0 Å². The smallest absolute Gasteiger partial charge is 0.256 e. The molecule has 1 amide bonds. The Labute approximate surface area is 126 Å². The predicted molar refractivity (Wildman–Crippen MR) is 84.8 cm³/mol. The average molecular weight is 294 g/mol. The van der Waals surface area contributed by atoms with Crippen molar-refractivity contribution >= 4 is 11.6 Å². The molecule has 118 valence electrons. The monoisotopic (exact) mass is 294 g/mol. The summed E-state index contributed by atoms with van der Waals surface area (Å²) in [4.78, 5) is 14.3. The fourth-order valence-electron chi connectivity index (χ4n) is 2.06. The first-order valence-electron chi connectivity index (χ1n) is 7.37. The molecular weight excluding hydrogens is 268 g/mol. The van der Waals surface area contributed by atoms with Crippen molar-refractivity contribution in [1.29, 1.82) is 0 Å². The largest absolute Gasteiger partial charge is 0.395 e. The van der Waals surface area contributed by atoms with Crippen molar-refractivity contribution in [3.63, 3.8) is 0 Å². The first kappa shape index (κ1) is 17.5. The molecule has 0 aliphatic rings. The lowest BCUT2D eigenvalue weighted by atomic mass is 10.1. The quantitative estimate of drug-likeness (QED) is 0.730. The molecular formula is C16H26N2O3. The number of benzene rings is 1. The molecule has 0 heterocycles. The highest BCUT2D eigenvalue weighted by Gasteiger charge is 2.18. The maximum Gasteiger partial charge on any atom is 0.256 e. The lowest BCUT2D eigenvalue weighted by molar-refractivity contribution is 0.0657. The number of nitrogens with one attached hydrogen (secondary N) is 1. The molecule has 2 N–H and O–H groups in total. The van der Waals surface area contributed by atoms with Gasteiger partial charge in [0.25, 0.3) is 5.91 Å². The molecule has 5 nitrogen and oxygen atoms in total. The van der Waals surface area contributed by atoms with Gasteiger partial charge in [0.05, 0.1) is 18.8 Å². The number of carbonyl (C=O) groups is 1. The number of hydrogen-bond donors (Lipinski definition) is 2. The van der Waals surface area contributed by atoms with Gasteiger partial charge in [-0.1, -0.05) is 18.6 Å². The fraction of sp³-hybridized carbons (Fsp3) is 0.562. The molecule has 1 rings (SSSR count). The Balaban J connectivity index is 2.98. The summed E-state index contributed by atoms with van der Waals surface area (Å²) in [5.74, 6) is -0.0802. The minimum absolute atomic E-state index is 0.0566. The second-order valence-electron chi connectivity index (χ2n) is 4.98. The van der Waals surface area contributed by atoms with E-state index in [1.165, 1.54) is 0 Å². The van der Waals surface area contributed by atoms with E-state index in [1.54, 1.807) is 12.0 Å². The molecule has 0 radical (unpaired) electrons. The summed E-state index contributed by atoms with van der Waals surface area (Å²) in [6.07, 6.45) is 0.992. The molecule has 0 atom stereocenters. The minimum Gasteiger partial charge on any atom is -0.395 e. The molecule has 0 fully saturated rings. The number of aliphatic hydroxyl groups is 1. The zero-order chi connectivity index (χ0) is 15.7. The van der Waals surface area contributed by atoms with Gasteiger partial charge in [0.1, 0.15) is 0 Å². The van der Waals surface area contributed by atoms with Gasteiger partial charge in [0.2, 0.25) is 0 Å². The summed E-state index contributed by atoms with van der Waals surface area (Å²) >= 11 is 0. The van der Waals surface area contributed by atoms with E-state index in [4.69, 9.17) is 9.84 Å². The highest BCUT2D eigenvalue weighted by atomic mass is 16.5. The van der Waals surface area contributed by atoms with Crippen LogP contribution < -0.4 is 5.32 Å². The highest BCUT2D eigenvalue weighted by Crippen LogP contribution is 2.19. The summed E-state index contributed by atoms with van der Waals surface area (Å²) in [7, 11) is 1.60. The Hall–Kier alpha value is -1.59. The minimum atomic E-state index is -0.0802. The summed E-state index contributed by atoms with van der Waals surface area (Å²) < 4.78 is 5.03. The zero-order valence-electron chi connectivity index (χ0n) is 13.2. The van der Waals surface area contributed by atoms with Crippen LogP contribution in [0.25, 0.3) is 0 Å². The third-order valence-corrected chi connectivity index (χ3v) is 3.19. The van der Waals surface area contributed by atoms with E-state index < -0.39 is 0 Å². The second kappa shape index (κ2) is 9.37. The van der Waals surface area contributed by atoms with Crippen LogP contribution in [0.1, 0.15) is 29.3 Å². The van der Waals surface area contributed by atoms with Crippen LogP contribution in [-0.4, -0.2) is 55.9 Å². The molecule has 0 unspecified atom stereocenters. The lowest BCUT2D eigenvalue weighted by Gasteiger charge is -2.23. The van der Waals surface area contributed by atoms with Gasteiger partial charge in [-0.3, -0.25) is 4.79 Å². The number of carbonyl (C=O) groups excluding carboxylic acids is 1. The van der Waals surface area contributed by atoms with Crippen LogP contribution in [0, 0.1) is 6.92 Å². The topological polar surface area (TPSA) is 61.8 Å². The molecule has 0 saturated carbocycles. The molecule has 5 heteroatoms. The Kier molecular flexibility index (Phi) is 7.79. The first-order chi connectivity index (χ1) is 10.1. The van der Waals surface area contributed by atoms with E-state index in [1.807, 2.05) is 25.1 Å². The van der Waals surface area contributed by atoms with Crippen molar-refractivity contribution in [2.45, 2.75) is 20.3 Å². The Morgan fingerprint density at radius 3 is 2.76 bits per heavy atom. The number of aryl methyl sites for hydroxylation is 1. The first-order valence-corrected chi connectivity index (χ1v) is 7.37. The maximum atomic E-state index is 12.7. The summed E-state index contributed by atoms with van der Waals surface area (Å²) in [5.41, 5.74) is 2.52. The van der Waals surface area contributed by atoms with Gasteiger partial charge < -0.3 is 20.1 Å². The van der Waals surface area contributed by atoms with Crippen LogP contribution in [-0.2, 0) is 4.74 Å². The summed E-state index contributed by atoms with van der Waals surface area (Å²) in [6.45, 7) is 6.04. The number of hydrogen-bond acceptors (Lipinski definition) is 4. The molecule has 0 aromatic heterocycles. The highest BCUT2D eigenvalue weighted by molar-refractivity contribution is 5.99. The number of rotatable bonds is 9. The van der Waals surface area contributed by atoms with Gasteiger partial charge in [0, 0.05) is 32.4 Å². The van der Waals surface area contributed by atoms with Crippen molar-refractivity contribution in [1.82, 2.24) is 4.90 Å². The van der Waals surface area contributed by atoms with Gasteiger partial charge >= 0.3 is 0 Å². The number of amides is 1. The van der Waals surface area contributed by atoms with E-state index in [-0.39, 0.29) is 12.5 Å². The molecule has 21 heavy (non-hydrogen) atoms. The predicted octanol–water partition coefficient (Wildman–Crippen LogP) is 1.90. The molecule has 0 bridgehead atoms. The van der Waals surface area contributed by atoms with E-state index in [9.17, 15) is 4.79 Å². The lowest BCUT2D eigenvalue weighted by Crippen LogP contribution is -2.36. The Morgan fingerprint density at radius 1 is 1.38 bits per heavy atom. The number of aliphatic hydroxyl groups excluding tert-OH is 1. The van der Waals surface area contributed by atoms with Crippen LogP contribution in [0.5, 0.6) is 0 Å². The molecule has 1 aromatic rings. The van der Waals surface area contributed by atoms with Crippen LogP contribution in [0.15, 0.2) is 18.2 Å². The Morgan fingerprint density at radius 2 is 2.14 bits per heavy atom. The van der Waals surface area contributed by atoms with Gasteiger partial charge in [0.15, 0.2) is 0 Å². The Bertz CT molecular complexity index is 449. The van der Waals surface area contributed by atoms with E-state index in [0.29, 0.717) is 25.3 Å². The van der Waals surface area contributed by atoms with Crippen molar-refractivity contribution in [2.75, 3.05) is 45.3 Å². The number of methoxy groups -OCH3 is 1. The fourth-order valence-corrected chi connectivity index (χ4v) is 2.06. The SMILES string of the molecule is CCCNc1ccc(C)cc1C(=O)N(CCO)CCOC. The third-order valence-electron chi connectivity index (χ3n) is 3.19. The molecule has 0 aliphatic carbocycles. The van der Waals surface area contributed by atoms with Crippen molar-refractivity contribution in [2.24, 2.45) is 0 Å². The van der Waals surface area contributed by atoms with E-state index in [0.717, 1.165) is 24.2 Å².